The van der Waals surface area contributed by atoms with Gasteiger partial charge in [0.15, 0.2) is 0 Å². The van der Waals surface area contributed by atoms with Gasteiger partial charge in [0.2, 0.25) is 0 Å². The maximum absolute atomic E-state index is 12.0. The van der Waals surface area contributed by atoms with Gasteiger partial charge in [0, 0.05) is 0 Å². The molecule has 5 heteroatoms. The molecule has 0 rings (SSSR count). The molecule has 0 unspecified atom stereocenters. The monoisotopic (exact) mass is 522 g/mol. The quantitative estimate of drug-likeness (QED) is 0.0789. The normalized spacial score (nSPS) is 11.0. The summed E-state index contributed by atoms with van der Waals surface area (Å²) in [6.45, 7) is 7.73. The third kappa shape index (κ3) is 22.1. The van der Waals surface area contributed by atoms with E-state index in [1.165, 1.54) is 103 Å². The predicted octanol–water partition coefficient (Wildman–Crippen LogP) is 9.65. The zero-order valence-electron chi connectivity index (χ0n) is 24.3. The average Bonchev–Trinajstić information content (AvgIpc) is 2.87. The minimum Gasteiger partial charge on any atom is -0.478 e. The Morgan fingerprint density at radius 2 is 0.892 bits per heavy atom. The Bertz CT molecular complexity index is 597. The molecule has 0 atom stereocenters. The zero-order valence-corrected chi connectivity index (χ0v) is 24.3. The minimum absolute atomic E-state index is 0.0596. The molecule has 0 saturated heterocycles. The van der Waals surface area contributed by atoms with Crippen LogP contribution in [0.1, 0.15) is 155 Å². The first-order valence-corrected chi connectivity index (χ1v) is 15.4. The van der Waals surface area contributed by atoms with Gasteiger partial charge in [-0.25, -0.2) is 9.59 Å². The van der Waals surface area contributed by atoms with Crippen LogP contribution in [-0.2, 0) is 14.3 Å². The molecule has 0 radical (unpaired) electrons. The van der Waals surface area contributed by atoms with E-state index in [9.17, 15) is 14.7 Å². The standard InChI is InChI=1S/C32H58O5/c1-4-6-8-10-12-14-16-18-20-22-24-29(25-23-21-19-17-15-13-11-9-7-5-2)30(32(35)36)27-37-26-28(3)31(33)34/h3-27H2,1-2H3,(H,33,34)(H,35,36). The van der Waals surface area contributed by atoms with Gasteiger partial charge in [0.1, 0.15) is 0 Å². The fourth-order valence-electron chi connectivity index (χ4n) is 4.73. The van der Waals surface area contributed by atoms with Crippen molar-refractivity contribution < 1.29 is 24.5 Å². The summed E-state index contributed by atoms with van der Waals surface area (Å²) in [6, 6.07) is 0. The van der Waals surface area contributed by atoms with E-state index in [2.05, 4.69) is 20.4 Å². The highest BCUT2D eigenvalue weighted by atomic mass is 16.5. The molecule has 0 aliphatic rings. The molecule has 0 aromatic heterocycles. The van der Waals surface area contributed by atoms with Crippen LogP contribution in [0.25, 0.3) is 0 Å². The summed E-state index contributed by atoms with van der Waals surface area (Å²) in [5, 5.41) is 18.8. The highest BCUT2D eigenvalue weighted by molar-refractivity contribution is 5.88. The molecule has 0 spiro atoms. The third-order valence-corrected chi connectivity index (χ3v) is 7.17. The Morgan fingerprint density at radius 1 is 0.541 bits per heavy atom. The lowest BCUT2D eigenvalue weighted by molar-refractivity contribution is -0.133. The van der Waals surface area contributed by atoms with E-state index in [0.717, 1.165) is 44.1 Å². The van der Waals surface area contributed by atoms with Gasteiger partial charge in [-0.05, 0) is 25.7 Å². The molecule has 0 saturated carbocycles. The van der Waals surface area contributed by atoms with E-state index < -0.39 is 11.9 Å². The number of aliphatic carboxylic acids is 2. The summed E-state index contributed by atoms with van der Waals surface area (Å²) in [5.41, 5.74) is 1.23. The molecule has 0 heterocycles. The summed E-state index contributed by atoms with van der Waals surface area (Å²) in [6.07, 6.45) is 26.7. The van der Waals surface area contributed by atoms with Gasteiger partial charge in [-0.1, -0.05) is 142 Å². The van der Waals surface area contributed by atoms with Crippen LogP contribution in [-0.4, -0.2) is 35.4 Å². The summed E-state index contributed by atoms with van der Waals surface area (Å²) in [7, 11) is 0. The zero-order chi connectivity index (χ0) is 27.6. The van der Waals surface area contributed by atoms with E-state index in [-0.39, 0.29) is 18.8 Å². The van der Waals surface area contributed by atoms with E-state index in [4.69, 9.17) is 9.84 Å². The molecule has 0 bridgehead atoms. The Labute approximate surface area is 228 Å². The number of carboxylic acids is 2. The summed E-state index contributed by atoms with van der Waals surface area (Å²) in [4.78, 5) is 23.0. The fourth-order valence-corrected chi connectivity index (χ4v) is 4.73. The van der Waals surface area contributed by atoms with Crippen molar-refractivity contribution >= 4 is 11.9 Å². The van der Waals surface area contributed by atoms with Crippen LogP contribution < -0.4 is 0 Å². The number of hydrogen-bond acceptors (Lipinski definition) is 3. The summed E-state index contributed by atoms with van der Waals surface area (Å²) >= 11 is 0. The van der Waals surface area contributed by atoms with Gasteiger partial charge in [0.25, 0.3) is 0 Å². The first kappa shape index (κ1) is 35.4. The van der Waals surface area contributed by atoms with Gasteiger partial charge in [-0.15, -0.1) is 0 Å². The minimum atomic E-state index is -1.11. The van der Waals surface area contributed by atoms with Gasteiger partial charge in [0.05, 0.1) is 24.4 Å². The lowest BCUT2D eigenvalue weighted by Crippen LogP contribution is -2.15. The van der Waals surface area contributed by atoms with E-state index in [1.54, 1.807) is 0 Å². The van der Waals surface area contributed by atoms with Crippen molar-refractivity contribution in [3.63, 3.8) is 0 Å². The van der Waals surface area contributed by atoms with E-state index in [1.807, 2.05) is 0 Å². The molecule has 0 aliphatic carbocycles. The van der Waals surface area contributed by atoms with Crippen LogP contribution in [0.5, 0.6) is 0 Å². The summed E-state index contributed by atoms with van der Waals surface area (Å²) in [5.74, 6) is -2.06. The topological polar surface area (TPSA) is 83.8 Å². The molecule has 5 nitrogen and oxygen atoms in total. The van der Waals surface area contributed by atoms with Crippen LogP contribution in [0.3, 0.4) is 0 Å². The van der Waals surface area contributed by atoms with Crippen LogP contribution in [0.4, 0.5) is 0 Å². The molecule has 2 N–H and O–H groups in total. The molecule has 216 valence electrons. The van der Waals surface area contributed by atoms with Crippen LogP contribution in [0.2, 0.25) is 0 Å². The summed E-state index contributed by atoms with van der Waals surface area (Å²) < 4.78 is 5.44. The number of rotatable bonds is 28. The number of unbranched alkanes of at least 4 members (excludes halogenated alkanes) is 18. The smallest absolute Gasteiger partial charge is 0.333 e. The fraction of sp³-hybridized carbons (Fsp3) is 0.812. The van der Waals surface area contributed by atoms with Crippen LogP contribution >= 0.6 is 0 Å². The largest absolute Gasteiger partial charge is 0.478 e. The van der Waals surface area contributed by atoms with Crippen LogP contribution in [0.15, 0.2) is 23.3 Å². The van der Waals surface area contributed by atoms with Gasteiger partial charge >= 0.3 is 11.9 Å². The van der Waals surface area contributed by atoms with Gasteiger partial charge in [-0.2, -0.15) is 0 Å². The van der Waals surface area contributed by atoms with Crippen LogP contribution in [0, 0.1) is 0 Å². The molecular formula is C32H58O5. The number of ether oxygens (including phenoxy) is 1. The Hall–Kier alpha value is -1.62. The van der Waals surface area contributed by atoms with Crippen molar-refractivity contribution in [3.05, 3.63) is 23.3 Å². The van der Waals surface area contributed by atoms with Crippen molar-refractivity contribution in [2.24, 2.45) is 0 Å². The lowest BCUT2D eigenvalue weighted by atomic mass is 9.95. The number of carbonyl (C=O) groups is 2. The third-order valence-electron chi connectivity index (χ3n) is 7.17. The second-order valence-corrected chi connectivity index (χ2v) is 10.7. The number of carboxylic acid groups (broad SMARTS) is 2. The predicted molar refractivity (Wildman–Crippen MR) is 155 cm³/mol. The van der Waals surface area contributed by atoms with Crippen molar-refractivity contribution in [3.8, 4) is 0 Å². The van der Waals surface area contributed by atoms with Crippen molar-refractivity contribution in [1.29, 1.82) is 0 Å². The van der Waals surface area contributed by atoms with Crippen molar-refractivity contribution in [2.75, 3.05) is 13.2 Å². The Balaban J connectivity index is 4.58. The van der Waals surface area contributed by atoms with Gasteiger partial charge < -0.3 is 14.9 Å². The van der Waals surface area contributed by atoms with Gasteiger partial charge in [-0.3, -0.25) is 0 Å². The molecule has 0 aromatic carbocycles. The molecule has 37 heavy (non-hydrogen) atoms. The first-order chi connectivity index (χ1) is 17.9. The molecular weight excluding hydrogens is 464 g/mol. The highest BCUT2D eigenvalue weighted by Crippen LogP contribution is 2.23. The molecule has 0 aromatic rings. The molecule has 0 fully saturated rings. The SMILES string of the molecule is C=C(COCC(C(=O)O)=C(CCCCCCCCCCCC)CCCCCCCCCCCC)C(=O)O. The van der Waals surface area contributed by atoms with E-state index >= 15 is 0 Å². The van der Waals surface area contributed by atoms with Crippen molar-refractivity contribution in [1.82, 2.24) is 0 Å². The Morgan fingerprint density at radius 3 is 1.22 bits per heavy atom. The average molecular weight is 523 g/mol. The second-order valence-electron chi connectivity index (χ2n) is 10.7. The highest BCUT2D eigenvalue weighted by Gasteiger charge is 2.16. The first-order valence-electron chi connectivity index (χ1n) is 15.4. The Kier molecular flexibility index (Phi) is 24.9. The second kappa shape index (κ2) is 26.0. The number of hydrogen-bond donors (Lipinski definition) is 2. The maximum Gasteiger partial charge on any atom is 0.333 e. The van der Waals surface area contributed by atoms with E-state index in [0.29, 0.717) is 5.57 Å². The molecule has 0 amide bonds. The molecule has 0 aliphatic heterocycles. The maximum atomic E-state index is 12.0. The number of allylic oxidation sites excluding steroid dienone is 1. The lowest BCUT2D eigenvalue weighted by Gasteiger charge is -2.14. The van der Waals surface area contributed by atoms with Crippen molar-refractivity contribution in [2.45, 2.75) is 155 Å².